The molecule has 5 rings (SSSR count). The van der Waals surface area contributed by atoms with Crippen LogP contribution in [-0.4, -0.2) is 58.9 Å². The van der Waals surface area contributed by atoms with E-state index >= 15 is 0 Å². The molecule has 0 spiro atoms. The zero-order valence-electron chi connectivity index (χ0n) is 20.8. The molecule has 0 bridgehead atoms. The zero-order valence-corrected chi connectivity index (χ0v) is 29.8. The van der Waals surface area contributed by atoms with Crippen LogP contribution in [0.1, 0.15) is 19.3 Å². The average molecular weight is 768 g/mol. The Morgan fingerprint density at radius 1 is 0.611 bits per heavy atom. The number of carboxylic acid groups (broad SMARTS) is 2. The maximum absolute atomic E-state index is 11.7. The minimum absolute atomic E-state index is 0.344. The van der Waals surface area contributed by atoms with Crippen molar-refractivity contribution >= 4 is 120 Å². The Hall–Kier alpha value is -0.923. The summed E-state index contributed by atoms with van der Waals surface area (Å²) in [6.07, 6.45) is 0. The minimum atomic E-state index is -2.44. The van der Waals surface area contributed by atoms with Gasteiger partial charge in [-0.05, 0) is 0 Å². The van der Waals surface area contributed by atoms with E-state index in [-0.39, 0.29) is 0 Å². The first-order valence-electron chi connectivity index (χ1n) is 11.5. The summed E-state index contributed by atoms with van der Waals surface area (Å²) in [4.78, 5) is 40.6. The molecule has 36 heavy (non-hydrogen) atoms. The molecule has 2 N–H and O–H groups in total. The number of carboxylic acids is 2. The number of rotatable bonds is 6. The molecule has 186 valence electrons. The number of hydrogen-bond acceptors (Lipinski definition) is 6. The van der Waals surface area contributed by atoms with Crippen LogP contribution in [0.2, 0.25) is 29.6 Å². The van der Waals surface area contributed by atoms with Crippen LogP contribution in [0.15, 0.2) is 36.4 Å². The summed E-state index contributed by atoms with van der Waals surface area (Å²) < 4.78 is 5.30. The van der Waals surface area contributed by atoms with Crippen LogP contribution in [0, 0.1) is 0 Å². The summed E-state index contributed by atoms with van der Waals surface area (Å²) in [6.45, 7) is 0. The quantitative estimate of drug-likeness (QED) is 0.172. The second-order valence-electron chi connectivity index (χ2n) is 10.9. The van der Waals surface area contributed by atoms with Gasteiger partial charge in [-0.3, -0.25) is 0 Å². The topological polar surface area (TPSA) is 74.6 Å². The molecule has 0 unspecified atom stereocenters. The van der Waals surface area contributed by atoms with Crippen LogP contribution in [0.4, 0.5) is 0 Å². The average Bonchev–Trinajstić information content (AvgIpc) is 3.55. The van der Waals surface area contributed by atoms with Crippen LogP contribution in [-0.2, 0) is 0 Å². The van der Waals surface area contributed by atoms with Gasteiger partial charge in [0.2, 0.25) is 0 Å². The van der Waals surface area contributed by atoms with Crippen molar-refractivity contribution < 1.29 is 19.8 Å². The Labute approximate surface area is 234 Å². The van der Waals surface area contributed by atoms with Gasteiger partial charge in [-0.15, -0.1) is 0 Å². The Morgan fingerprint density at radius 3 is 1.25 bits per heavy atom. The van der Waals surface area contributed by atoms with E-state index in [1.54, 1.807) is 12.1 Å². The van der Waals surface area contributed by atoms with Gasteiger partial charge in [0.15, 0.2) is 0 Å². The second kappa shape index (κ2) is 9.37. The Bertz CT molecular complexity index is 1490. The van der Waals surface area contributed by atoms with Gasteiger partial charge < -0.3 is 0 Å². The molecule has 0 aliphatic heterocycles. The first-order valence-corrected chi connectivity index (χ1v) is 34.7. The number of hydrogen-bond donors (Lipinski definition) is 2. The second-order valence-corrected chi connectivity index (χ2v) is 46.0. The van der Waals surface area contributed by atoms with Gasteiger partial charge in [0.25, 0.3) is 0 Å². The van der Waals surface area contributed by atoms with E-state index in [1.165, 1.54) is 48.6 Å². The first kappa shape index (κ1) is 26.7. The molecule has 0 radical (unpaired) electrons. The van der Waals surface area contributed by atoms with Crippen molar-refractivity contribution in [2.45, 2.75) is 29.6 Å². The summed E-state index contributed by atoms with van der Waals surface area (Å²) in [5, 5.41) is 21.6. The zero-order chi connectivity index (χ0) is 26.2. The van der Waals surface area contributed by atoms with Crippen LogP contribution in [0.3, 0.4) is 0 Å². The number of fused-ring (bicyclic) bond motifs is 2. The number of thiophene rings is 4. The van der Waals surface area contributed by atoms with Crippen molar-refractivity contribution in [3.05, 3.63) is 46.2 Å². The molecule has 10 heteroatoms. The van der Waals surface area contributed by atoms with Gasteiger partial charge in [0, 0.05) is 0 Å². The van der Waals surface area contributed by atoms with Crippen LogP contribution >= 0.6 is 45.3 Å². The van der Waals surface area contributed by atoms with Crippen molar-refractivity contribution in [2.24, 2.45) is 0 Å². The molecule has 0 saturated heterocycles. The molecular weight excluding hydrogens is 742 g/mol. The molecule has 4 heterocycles. The summed E-state index contributed by atoms with van der Waals surface area (Å²) >= 11 is 1.51. The van der Waals surface area contributed by atoms with E-state index in [0.29, 0.717) is 9.75 Å². The molecule has 0 saturated carbocycles. The van der Waals surface area contributed by atoms with Crippen molar-refractivity contribution in [3.8, 4) is 20.9 Å². The van der Waals surface area contributed by atoms with Crippen LogP contribution in [0.5, 0.6) is 0 Å². The van der Waals surface area contributed by atoms with Crippen molar-refractivity contribution in [1.29, 1.82) is 0 Å². The van der Waals surface area contributed by atoms with Gasteiger partial charge >= 0.3 is 236 Å². The van der Waals surface area contributed by atoms with Crippen molar-refractivity contribution in [3.63, 3.8) is 0 Å². The maximum atomic E-state index is 11.7. The van der Waals surface area contributed by atoms with Gasteiger partial charge in [0.1, 0.15) is 0 Å². The predicted molar refractivity (Wildman–Crippen MR) is 164 cm³/mol. The van der Waals surface area contributed by atoms with E-state index in [1.807, 2.05) is 34.8 Å². The SMILES string of the molecule is [CH3][Sn]([CH3])([CH3])[c]1cc2c(-c3ccc(C(=O)O)s3)c3s[c]([Sn]([CH3])([CH3])[CH3])cc3c(-c3ccc(C(=O)O)s3)c2s1. The molecule has 0 aliphatic rings. The van der Waals surface area contributed by atoms with Gasteiger partial charge in [-0.1, -0.05) is 0 Å². The third kappa shape index (κ3) is 4.70. The van der Waals surface area contributed by atoms with Gasteiger partial charge in [-0.2, -0.15) is 0 Å². The van der Waals surface area contributed by atoms with E-state index in [9.17, 15) is 19.8 Å². The molecular formula is C26H26O4S4Sn2. The molecule has 4 nitrogen and oxygen atoms in total. The first-order chi connectivity index (χ1) is 16.8. The third-order valence-corrected chi connectivity index (χ3v) is 29.4. The van der Waals surface area contributed by atoms with E-state index in [0.717, 1.165) is 20.9 Å². The van der Waals surface area contributed by atoms with Gasteiger partial charge in [-0.25, -0.2) is 0 Å². The fourth-order valence-electron chi connectivity index (χ4n) is 4.17. The summed E-state index contributed by atoms with van der Waals surface area (Å²) in [7, 11) is 0. The molecule has 0 amide bonds. The normalized spacial score (nSPS) is 12.6. The van der Waals surface area contributed by atoms with Crippen LogP contribution in [0.25, 0.3) is 41.1 Å². The number of aromatic carboxylic acids is 2. The number of benzene rings is 1. The predicted octanol–water partition coefficient (Wildman–Crippen LogP) is 8.06. The summed E-state index contributed by atoms with van der Waals surface area (Å²) in [6, 6.07) is 12.0. The molecule has 5 aromatic rings. The van der Waals surface area contributed by atoms with E-state index in [2.05, 4.69) is 41.8 Å². The Kier molecular flexibility index (Phi) is 6.94. The Morgan fingerprint density at radius 2 is 0.972 bits per heavy atom. The fraction of sp³-hybridized carbons (Fsp3) is 0.231. The monoisotopic (exact) mass is 770 g/mol. The Balaban J connectivity index is 1.97. The van der Waals surface area contributed by atoms with Gasteiger partial charge in [0.05, 0.1) is 0 Å². The fourth-order valence-corrected chi connectivity index (χ4v) is 19.0. The van der Waals surface area contributed by atoms with Crippen molar-refractivity contribution in [1.82, 2.24) is 0 Å². The van der Waals surface area contributed by atoms with E-state index < -0.39 is 48.7 Å². The molecule has 0 aliphatic carbocycles. The molecule has 1 aromatic carbocycles. The molecule has 4 aromatic heterocycles. The standard InChI is InChI=1S/C20H8O4S4.6CH3.2Sn/c21-19(22)13-3-1-11(27-13)15-9-5-7-26-18(9)16(10-6-8-25-17(10)15)12-2-4-14(28-12)20(23)24;;;;;;;;/h1-6H,(H,21,22)(H,23,24);6*1H3;;. The molecule has 0 atom stereocenters. The van der Waals surface area contributed by atoms with Crippen molar-refractivity contribution in [2.75, 3.05) is 0 Å². The van der Waals surface area contributed by atoms with E-state index in [4.69, 9.17) is 0 Å². The summed E-state index contributed by atoms with van der Waals surface area (Å²) in [5.74, 6) is -1.80. The molecule has 0 fully saturated rings. The summed E-state index contributed by atoms with van der Waals surface area (Å²) in [5.41, 5.74) is 2.28. The third-order valence-electron chi connectivity index (χ3n) is 6.06. The number of carbonyl (C=O) groups is 2. The van der Waals surface area contributed by atoms with Crippen LogP contribution < -0.4 is 5.79 Å².